The first-order valence-corrected chi connectivity index (χ1v) is 7.90. The lowest BCUT2D eigenvalue weighted by Gasteiger charge is -2.23. The lowest BCUT2D eigenvalue weighted by atomic mass is 9.93. The summed E-state index contributed by atoms with van der Waals surface area (Å²) in [4.78, 5) is 17.0. The van der Waals surface area contributed by atoms with Gasteiger partial charge in [-0.1, -0.05) is 24.3 Å². The summed E-state index contributed by atoms with van der Waals surface area (Å²) in [5.74, 6) is -0.127. The van der Waals surface area contributed by atoms with Crippen molar-refractivity contribution in [3.8, 4) is 0 Å². The molecule has 0 bridgehead atoms. The molecule has 1 aliphatic carbocycles. The maximum atomic E-state index is 12.6. The summed E-state index contributed by atoms with van der Waals surface area (Å²) in [6.45, 7) is 0. The number of pyridine rings is 1. The Kier molecular flexibility index (Phi) is 3.33. The predicted octanol–water partition coefficient (Wildman–Crippen LogP) is 2.78. The van der Waals surface area contributed by atoms with Crippen molar-refractivity contribution < 1.29 is 4.79 Å². The van der Waals surface area contributed by atoms with Crippen LogP contribution in [0.25, 0.3) is 10.9 Å². The van der Waals surface area contributed by atoms with Crippen molar-refractivity contribution in [2.24, 2.45) is 7.05 Å². The number of hydrogen-bond acceptors (Lipinski definition) is 3. The molecule has 1 amide bonds. The first-order chi connectivity index (χ1) is 11.2. The SMILES string of the molecule is Cn1ncc2c1CCC[C@H]2NC(=O)c1ccc2ccccc2n1. The van der Waals surface area contributed by atoms with E-state index in [2.05, 4.69) is 15.4 Å². The molecular weight excluding hydrogens is 288 g/mol. The molecule has 0 unspecified atom stereocenters. The predicted molar refractivity (Wildman–Crippen MR) is 88.1 cm³/mol. The second-order valence-electron chi connectivity index (χ2n) is 5.98. The number of aryl methyl sites for hydroxylation is 1. The fourth-order valence-corrected chi connectivity index (χ4v) is 3.28. The summed E-state index contributed by atoms with van der Waals surface area (Å²) in [5.41, 5.74) is 3.64. The van der Waals surface area contributed by atoms with Gasteiger partial charge in [-0.3, -0.25) is 9.48 Å². The van der Waals surface area contributed by atoms with Gasteiger partial charge in [0.25, 0.3) is 5.91 Å². The molecule has 0 saturated carbocycles. The van der Waals surface area contributed by atoms with Gasteiger partial charge < -0.3 is 5.32 Å². The van der Waals surface area contributed by atoms with Crippen LogP contribution in [-0.2, 0) is 13.5 Å². The van der Waals surface area contributed by atoms with E-state index in [1.807, 2.05) is 48.3 Å². The second-order valence-corrected chi connectivity index (χ2v) is 5.98. The van der Waals surface area contributed by atoms with Crippen molar-refractivity contribution in [1.29, 1.82) is 0 Å². The molecule has 0 spiro atoms. The molecule has 0 radical (unpaired) electrons. The molecule has 4 rings (SSSR count). The van der Waals surface area contributed by atoms with Gasteiger partial charge in [0.15, 0.2) is 0 Å². The molecule has 1 atom stereocenters. The Morgan fingerprint density at radius 3 is 3.04 bits per heavy atom. The number of fused-ring (bicyclic) bond motifs is 2. The Labute approximate surface area is 134 Å². The van der Waals surface area contributed by atoms with Crippen LogP contribution in [0.1, 0.15) is 40.6 Å². The smallest absolute Gasteiger partial charge is 0.270 e. The Hall–Kier alpha value is -2.69. The topological polar surface area (TPSA) is 59.8 Å². The Balaban J connectivity index is 1.60. The van der Waals surface area contributed by atoms with Gasteiger partial charge in [-0.2, -0.15) is 5.10 Å². The van der Waals surface area contributed by atoms with E-state index in [-0.39, 0.29) is 11.9 Å². The molecule has 23 heavy (non-hydrogen) atoms. The zero-order chi connectivity index (χ0) is 15.8. The van der Waals surface area contributed by atoms with Gasteiger partial charge in [-0.05, 0) is 31.4 Å². The van der Waals surface area contributed by atoms with E-state index in [0.717, 1.165) is 35.7 Å². The average molecular weight is 306 g/mol. The van der Waals surface area contributed by atoms with Gasteiger partial charge in [-0.25, -0.2) is 4.98 Å². The number of nitrogens with one attached hydrogen (secondary N) is 1. The summed E-state index contributed by atoms with van der Waals surface area (Å²) in [7, 11) is 1.95. The van der Waals surface area contributed by atoms with Crippen molar-refractivity contribution in [1.82, 2.24) is 20.1 Å². The van der Waals surface area contributed by atoms with Gasteiger partial charge in [0.1, 0.15) is 5.69 Å². The third kappa shape index (κ3) is 2.48. The van der Waals surface area contributed by atoms with Gasteiger partial charge in [-0.15, -0.1) is 0 Å². The van der Waals surface area contributed by atoms with E-state index in [1.54, 1.807) is 6.07 Å². The number of hydrogen-bond donors (Lipinski definition) is 1. The number of amides is 1. The van der Waals surface area contributed by atoms with E-state index in [1.165, 1.54) is 5.69 Å². The molecule has 0 saturated heterocycles. The summed E-state index contributed by atoms with van der Waals surface area (Å²) < 4.78 is 1.90. The number of para-hydroxylation sites is 1. The van der Waals surface area contributed by atoms with E-state index < -0.39 is 0 Å². The minimum Gasteiger partial charge on any atom is -0.344 e. The number of aromatic nitrogens is 3. The molecule has 1 aromatic carbocycles. The van der Waals surface area contributed by atoms with Crippen LogP contribution in [0.15, 0.2) is 42.6 Å². The van der Waals surface area contributed by atoms with Crippen LogP contribution in [0.4, 0.5) is 0 Å². The second kappa shape index (κ2) is 5.50. The highest BCUT2D eigenvalue weighted by molar-refractivity contribution is 5.95. The molecule has 0 fully saturated rings. The highest BCUT2D eigenvalue weighted by Gasteiger charge is 2.25. The van der Waals surface area contributed by atoms with Crippen LogP contribution in [0.2, 0.25) is 0 Å². The number of benzene rings is 1. The third-order valence-electron chi connectivity index (χ3n) is 4.51. The lowest BCUT2D eigenvalue weighted by Crippen LogP contribution is -2.31. The van der Waals surface area contributed by atoms with Crippen LogP contribution in [-0.4, -0.2) is 20.7 Å². The van der Waals surface area contributed by atoms with Gasteiger partial charge >= 0.3 is 0 Å². The molecule has 116 valence electrons. The molecule has 5 heteroatoms. The van der Waals surface area contributed by atoms with Gasteiger partial charge in [0.05, 0.1) is 17.8 Å². The highest BCUT2D eigenvalue weighted by Crippen LogP contribution is 2.29. The van der Waals surface area contributed by atoms with Crippen molar-refractivity contribution in [2.45, 2.75) is 25.3 Å². The van der Waals surface area contributed by atoms with Crippen molar-refractivity contribution in [3.63, 3.8) is 0 Å². The quantitative estimate of drug-likeness (QED) is 0.792. The van der Waals surface area contributed by atoms with Crippen LogP contribution in [0, 0.1) is 0 Å². The standard InChI is InChI=1S/C18H18N4O/c1-22-17-8-4-7-15(13(17)11-19-22)21-18(23)16-10-9-12-5-2-3-6-14(12)20-16/h2-3,5-6,9-11,15H,4,7-8H2,1H3,(H,21,23)/t15-/m1/s1. The Bertz CT molecular complexity index is 884. The molecular formula is C18H18N4O. The van der Waals surface area contributed by atoms with Crippen molar-refractivity contribution >= 4 is 16.8 Å². The zero-order valence-electron chi connectivity index (χ0n) is 13.0. The van der Waals surface area contributed by atoms with Crippen molar-refractivity contribution in [2.75, 3.05) is 0 Å². The third-order valence-corrected chi connectivity index (χ3v) is 4.51. The lowest BCUT2D eigenvalue weighted by molar-refractivity contribution is 0.0928. The summed E-state index contributed by atoms with van der Waals surface area (Å²) in [6, 6.07) is 11.6. The molecule has 0 aliphatic heterocycles. The number of nitrogens with zero attached hydrogens (tertiary/aromatic N) is 3. The number of carbonyl (C=O) groups is 1. The van der Waals surface area contributed by atoms with Gasteiger partial charge in [0, 0.05) is 23.7 Å². The van der Waals surface area contributed by atoms with Crippen LogP contribution in [0.5, 0.6) is 0 Å². The maximum Gasteiger partial charge on any atom is 0.270 e. The monoisotopic (exact) mass is 306 g/mol. The number of carbonyl (C=O) groups excluding carboxylic acids is 1. The van der Waals surface area contributed by atoms with Crippen molar-refractivity contribution in [3.05, 3.63) is 59.5 Å². The Morgan fingerprint density at radius 2 is 2.13 bits per heavy atom. The average Bonchev–Trinajstić information content (AvgIpc) is 2.97. The highest BCUT2D eigenvalue weighted by atomic mass is 16.1. The fraction of sp³-hybridized carbons (Fsp3) is 0.278. The summed E-state index contributed by atoms with van der Waals surface area (Å²) in [5, 5.41) is 8.47. The van der Waals surface area contributed by atoms with E-state index >= 15 is 0 Å². The molecule has 3 aromatic rings. The van der Waals surface area contributed by atoms with Crippen LogP contribution in [0.3, 0.4) is 0 Å². The zero-order valence-corrected chi connectivity index (χ0v) is 13.0. The van der Waals surface area contributed by atoms with E-state index in [0.29, 0.717) is 5.69 Å². The molecule has 2 heterocycles. The van der Waals surface area contributed by atoms with Gasteiger partial charge in [0.2, 0.25) is 0 Å². The Morgan fingerprint density at radius 1 is 1.26 bits per heavy atom. The molecule has 1 aliphatic rings. The first kappa shape index (κ1) is 13.9. The minimum absolute atomic E-state index is 0.0215. The molecule has 2 aromatic heterocycles. The first-order valence-electron chi connectivity index (χ1n) is 7.90. The summed E-state index contributed by atoms with van der Waals surface area (Å²) in [6.07, 6.45) is 4.89. The number of rotatable bonds is 2. The minimum atomic E-state index is -0.127. The normalized spacial score (nSPS) is 17.0. The molecule has 1 N–H and O–H groups in total. The van der Waals surface area contributed by atoms with Crippen LogP contribution < -0.4 is 5.32 Å². The van der Waals surface area contributed by atoms with E-state index in [9.17, 15) is 4.79 Å². The largest absolute Gasteiger partial charge is 0.344 e. The summed E-state index contributed by atoms with van der Waals surface area (Å²) >= 11 is 0. The van der Waals surface area contributed by atoms with Crippen LogP contribution >= 0.6 is 0 Å². The maximum absolute atomic E-state index is 12.6. The molecule has 5 nitrogen and oxygen atoms in total. The van der Waals surface area contributed by atoms with E-state index in [4.69, 9.17) is 0 Å². The fourth-order valence-electron chi connectivity index (χ4n) is 3.28.